The average molecular weight is 348 g/mol. The molecule has 0 saturated heterocycles. The van der Waals surface area contributed by atoms with E-state index < -0.39 is 28.6 Å². The van der Waals surface area contributed by atoms with Crippen LogP contribution in [-0.2, 0) is 6.54 Å². The molecule has 0 radical (unpaired) electrons. The molecule has 0 saturated carbocycles. The fraction of sp³-hybridized carbons (Fsp3) is 0.188. The molecule has 0 aliphatic carbocycles. The smallest absolute Gasteiger partial charge is 0.338 e. The number of fused-ring (bicyclic) bond motifs is 1. The Balaban J connectivity index is 2.20. The van der Waals surface area contributed by atoms with E-state index in [-0.39, 0.29) is 6.54 Å². The van der Waals surface area contributed by atoms with Crippen LogP contribution in [0.5, 0.6) is 0 Å². The average Bonchev–Trinajstić information content (AvgIpc) is 2.80. The van der Waals surface area contributed by atoms with Gasteiger partial charge in [-0.3, -0.25) is 14.3 Å². The highest BCUT2D eigenvalue weighted by molar-refractivity contribution is 7.18. The molecule has 3 rings (SSSR count). The maximum absolute atomic E-state index is 13.5. The molecular weight excluding hydrogens is 335 g/mol. The molecule has 24 heavy (non-hydrogen) atoms. The Hall–Kier alpha value is -2.74. The Morgan fingerprint density at radius 1 is 1.33 bits per heavy atom. The molecule has 0 spiro atoms. The monoisotopic (exact) mass is 348 g/mol. The highest BCUT2D eigenvalue weighted by Crippen LogP contribution is 2.27. The zero-order chi connectivity index (χ0) is 17.6. The van der Waals surface area contributed by atoms with Gasteiger partial charge >= 0.3 is 11.7 Å². The van der Waals surface area contributed by atoms with Crippen molar-refractivity contribution in [1.82, 2.24) is 9.55 Å². The maximum atomic E-state index is 13.5. The number of carboxylic acids is 1. The van der Waals surface area contributed by atoms with Gasteiger partial charge in [-0.25, -0.2) is 14.0 Å². The van der Waals surface area contributed by atoms with Gasteiger partial charge in [0.2, 0.25) is 0 Å². The van der Waals surface area contributed by atoms with Crippen LogP contribution in [0.15, 0.2) is 27.8 Å². The van der Waals surface area contributed by atoms with Crippen LogP contribution in [-0.4, -0.2) is 20.6 Å². The first kappa shape index (κ1) is 16.1. The van der Waals surface area contributed by atoms with Gasteiger partial charge in [0.05, 0.1) is 17.5 Å². The Bertz CT molecular complexity index is 1090. The van der Waals surface area contributed by atoms with E-state index in [0.717, 1.165) is 16.5 Å². The van der Waals surface area contributed by atoms with E-state index >= 15 is 0 Å². The first-order valence-electron chi connectivity index (χ1n) is 7.04. The topological polar surface area (TPSA) is 92.2 Å². The quantitative estimate of drug-likeness (QED) is 0.759. The van der Waals surface area contributed by atoms with Crippen molar-refractivity contribution in [2.75, 3.05) is 0 Å². The fourth-order valence-electron chi connectivity index (χ4n) is 2.55. The number of aromatic carboxylic acids is 1. The molecule has 2 aromatic heterocycles. The third-order valence-electron chi connectivity index (χ3n) is 3.91. The van der Waals surface area contributed by atoms with Crippen molar-refractivity contribution in [3.8, 4) is 0 Å². The lowest BCUT2D eigenvalue weighted by atomic mass is 10.1. The number of aromatic amines is 1. The van der Waals surface area contributed by atoms with Gasteiger partial charge in [0, 0.05) is 4.88 Å². The summed E-state index contributed by atoms with van der Waals surface area (Å²) >= 11 is 1.32. The Morgan fingerprint density at radius 2 is 2.04 bits per heavy atom. The molecule has 0 aliphatic heterocycles. The van der Waals surface area contributed by atoms with Crippen molar-refractivity contribution in [2.24, 2.45) is 0 Å². The Labute approximate surface area is 138 Å². The van der Waals surface area contributed by atoms with Gasteiger partial charge in [-0.2, -0.15) is 0 Å². The molecule has 0 aliphatic rings. The van der Waals surface area contributed by atoms with E-state index in [4.69, 9.17) is 5.11 Å². The van der Waals surface area contributed by atoms with Crippen molar-refractivity contribution in [3.63, 3.8) is 0 Å². The van der Waals surface area contributed by atoms with E-state index in [1.807, 2.05) is 6.92 Å². The van der Waals surface area contributed by atoms with Crippen LogP contribution < -0.4 is 11.2 Å². The molecule has 124 valence electrons. The van der Waals surface area contributed by atoms with E-state index in [1.165, 1.54) is 28.0 Å². The van der Waals surface area contributed by atoms with Crippen LogP contribution in [0.1, 0.15) is 26.4 Å². The van der Waals surface area contributed by atoms with Gasteiger partial charge in [-0.15, -0.1) is 11.3 Å². The molecular formula is C16H13FN2O4S. The van der Waals surface area contributed by atoms with Crippen LogP contribution in [0.4, 0.5) is 4.39 Å². The van der Waals surface area contributed by atoms with Crippen LogP contribution in [0.25, 0.3) is 10.2 Å². The molecule has 2 N–H and O–H groups in total. The van der Waals surface area contributed by atoms with E-state index in [0.29, 0.717) is 15.8 Å². The summed E-state index contributed by atoms with van der Waals surface area (Å²) in [5.41, 5.74) is -0.239. The number of hydrogen-bond acceptors (Lipinski definition) is 4. The SMILES string of the molecule is Cc1sc2c(c1C)c(=O)[nH]c(=O)n2Cc1ccc(F)c(C(=O)O)c1. The number of H-pyrrole nitrogens is 1. The number of aromatic nitrogens is 2. The number of hydrogen-bond donors (Lipinski definition) is 2. The fourth-order valence-corrected chi connectivity index (χ4v) is 3.70. The maximum Gasteiger partial charge on any atom is 0.338 e. The molecule has 8 heteroatoms. The summed E-state index contributed by atoms with van der Waals surface area (Å²) in [7, 11) is 0. The molecule has 1 aromatic carbocycles. The largest absolute Gasteiger partial charge is 0.478 e. The molecule has 3 aromatic rings. The molecule has 2 heterocycles. The second kappa shape index (κ2) is 5.72. The number of rotatable bonds is 3. The molecule has 6 nitrogen and oxygen atoms in total. The van der Waals surface area contributed by atoms with Gasteiger partial charge in [-0.1, -0.05) is 6.07 Å². The molecule has 0 fully saturated rings. The zero-order valence-corrected chi connectivity index (χ0v) is 13.7. The number of nitrogens with zero attached hydrogens (tertiary/aromatic N) is 1. The van der Waals surface area contributed by atoms with Gasteiger partial charge in [0.25, 0.3) is 5.56 Å². The van der Waals surface area contributed by atoms with Gasteiger partial charge < -0.3 is 5.11 Å². The predicted molar refractivity (Wildman–Crippen MR) is 88.6 cm³/mol. The molecule has 0 amide bonds. The summed E-state index contributed by atoms with van der Waals surface area (Å²) in [6.45, 7) is 3.69. The summed E-state index contributed by atoms with van der Waals surface area (Å²) in [6.07, 6.45) is 0. The Morgan fingerprint density at radius 3 is 2.71 bits per heavy atom. The van der Waals surface area contributed by atoms with Gasteiger partial charge in [-0.05, 0) is 37.1 Å². The minimum absolute atomic E-state index is 0.0338. The molecule has 0 unspecified atom stereocenters. The van der Waals surface area contributed by atoms with Crippen LogP contribution in [0.2, 0.25) is 0 Å². The summed E-state index contributed by atoms with van der Waals surface area (Å²) in [5.74, 6) is -2.22. The highest BCUT2D eigenvalue weighted by Gasteiger charge is 2.16. The van der Waals surface area contributed by atoms with Gasteiger partial charge in [0.15, 0.2) is 0 Å². The zero-order valence-electron chi connectivity index (χ0n) is 12.8. The highest BCUT2D eigenvalue weighted by atomic mass is 32.1. The van der Waals surface area contributed by atoms with E-state index in [2.05, 4.69) is 4.98 Å². The second-order valence-corrected chi connectivity index (χ2v) is 6.63. The minimum Gasteiger partial charge on any atom is -0.478 e. The lowest BCUT2D eigenvalue weighted by molar-refractivity contribution is 0.0691. The van der Waals surface area contributed by atoms with Crippen molar-refractivity contribution in [2.45, 2.75) is 20.4 Å². The van der Waals surface area contributed by atoms with Crippen molar-refractivity contribution < 1.29 is 14.3 Å². The van der Waals surface area contributed by atoms with Crippen LogP contribution in [0, 0.1) is 19.7 Å². The molecule has 0 atom stereocenters. The number of halogens is 1. The number of nitrogens with one attached hydrogen (secondary N) is 1. The predicted octanol–water partition coefficient (Wildman–Crippen LogP) is 2.25. The summed E-state index contributed by atoms with van der Waals surface area (Å²) < 4.78 is 14.9. The normalized spacial score (nSPS) is 11.1. The van der Waals surface area contributed by atoms with E-state index in [1.54, 1.807) is 6.92 Å². The molecule has 0 bridgehead atoms. The summed E-state index contributed by atoms with van der Waals surface area (Å²) in [6, 6.07) is 3.66. The number of thiophene rings is 1. The number of aryl methyl sites for hydroxylation is 2. The lowest BCUT2D eigenvalue weighted by Crippen LogP contribution is -2.30. The van der Waals surface area contributed by atoms with Crippen molar-refractivity contribution in [3.05, 3.63) is 66.4 Å². The van der Waals surface area contributed by atoms with Crippen LogP contribution >= 0.6 is 11.3 Å². The van der Waals surface area contributed by atoms with Crippen LogP contribution in [0.3, 0.4) is 0 Å². The number of carbonyl (C=O) groups is 1. The summed E-state index contributed by atoms with van der Waals surface area (Å²) in [5, 5.41) is 9.45. The van der Waals surface area contributed by atoms with Gasteiger partial charge in [0.1, 0.15) is 10.6 Å². The Kier molecular flexibility index (Phi) is 3.84. The third kappa shape index (κ3) is 2.54. The first-order chi connectivity index (χ1) is 11.3. The van der Waals surface area contributed by atoms with Crippen molar-refractivity contribution in [1.29, 1.82) is 0 Å². The number of benzene rings is 1. The summed E-state index contributed by atoms with van der Waals surface area (Å²) in [4.78, 5) is 39.0. The first-order valence-corrected chi connectivity index (χ1v) is 7.85. The van der Waals surface area contributed by atoms with Crippen molar-refractivity contribution >= 4 is 27.5 Å². The number of carboxylic acid groups (broad SMARTS) is 1. The second-order valence-electron chi connectivity index (χ2n) is 5.43. The standard InChI is InChI=1S/C16H13FN2O4S/c1-7-8(2)24-14-12(7)13(20)18-16(23)19(14)6-9-3-4-11(17)10(5-9)15(21)22/h3-5H,6H2,1-2H3,(H,21,22)(H,18,20,23). The lowest BCUT2D eigenvalue weighted by Gasteiger charge is -2.08. The third-order valence-corrected chi connectivity index (χ3v) is 5.14. The minimum atomic E-state index is -1.38. The van der Waals surface area contributed by atoms with E-state index in [9.17, 15) is 18.8 Å².